The molecule has 0 radical (unpaired) electrons. The Labute approximate surface area is 76.9 Å². The van der Waals surface area contributed by atoms with Crippen LogP contribution in [0.15, 0.2) is 0 Å². The SMILES string of the molecule is C#CCC(NCC)C(C)C(C)C. The predicted molar refractivity (Wildman–Crippen MR) is 54.9 cm³/mol. The minimum absolute atomic E-state index is 0.486. The largest absolute Gasteiger partial charge is 0.313 e. The van der Waals surface area contributed by atoms with E-state index in [4.69, 9.17) is 6.42 Å². The fraction of sp³-hybridized carbons (Fsp3) is 0.818. The smallest absolute Gasteiger partial charge is 0.0243 e. The molecule has 2 unspecified atom stereocenters. The van der Waals surface area contributed by atoms with E-state index in [9.17, 15) is 0 Å². The normalized spacial score (nSPS) is 15.7. The van der Waals surface area contributed by atoms with Crippen molar-refractivity contribution in [3.63, 3.8) is 0 Å². The maximum absolute atomic E-state index is 5.31. The van der Waals surface area contributed by atoms with E-state index in [2.05, 4.69) is 38.9 Å². The van der Waals surface area contributed by atoms with Crippen molar-refractivity contribution in [1.29, 1.82) is 0 Å². The summed E-state index contributed by atoms with van der Waals surface area (Å²) < 4.78 is 0. The average molecular weight is 167 g/mol. The zero-order valence-corrected chi connectivity index (χ0v) is 8.72. The lowest BCUT2D eigenvalue weighted by Crippen LogP contribution is -2.36. The second-order valence-electron chi connectivity index (χ2n) is 3.68. The number of hydrogen-bond donors (Lipinski definition) is 1. The molecule has 0 aromatic carbocycles. The molecule has 0 aliphatic carbocycles. The molecule has 0 aromatic rings. The van der Waals surface area contributed by atoms with Crippen molar-refractivity contribution in [2.75, 3.05) is 6.54 Å². The Morgan fingerprint density at radius 2 is 1.92 bits per heavy atom. The van der Waals surface area contributed by atoms with E-state index in [1.54, 1.807) is 0 Å². The Morgan fingerprint density at radius 3 is 2.25 bits per heavy atom. The van der Waals surface area contributed by atoms with Gasteiger partial charge in [-0.1, -0.05) is 27.7 Å². The van der Waals surface area contributed by atoms with Crippen LogP contribution in [0.25, 0.3) is 0 Å². The predicted octanol–water partition coefficient (Wildman–Crippen LogP) is 2.28. The second-order valence-corrected chi connectivity index (χ2v) is 3.68. The van der Waals surface area contributed by atoms with E-state index in [1.807, 2.05) is 0 Å². The molecule has 0 amide bonds. The summed E-state index contributed by atoms with van der Waals surface area (Å²) in [6, 6.07) is 0.486. The lowest BCUT2D eigenvalue weighted by molar-refractivity contribution is 0.306. The van der Waals surface area contributed by atoms with Gasteiger partial charge in [-0.15, -0.1) is 12.3 Å². The third-order valence-corrected chi connectivity index (χ3v) is 2.49. The third kappa shape index (κ3) is 3.78. The molecule has 0 saturated carbocycles. The van der Waals surface area contributed by atoms with Crippen LogP contribution in [-0.2, 0) is 0 Å². The molecule has 0 bridgehead atoms. The minimum Gasteiger partial charge on any atom is -0.313 e. The number of terminal acetylenes is 1. The van der Waals surface area contributed by atoms with Crippen molar-refractivity contribution in [2.45, 2.75) is 40.2 Å². The van der Waals surface area contributed by atoms with Gasteiger partial charge in [0, 0.05) is 12.5 Å². The van der Waals surface area contributed by atoms with Gasteiger partial charge < -0.3 is 5.32 Å². The van der Waals surface area contributed by atoms with Crippen molar-refractivity contribution < 1.29 is 0 Å². The van der Waals surface area contributed by atoms with Crippen molar-refractivity contribution in [3.05, 3.63) is 0 Å². The first-order valence-corrected chi connectivity index (χ1v) is 4.80. The quantitative estimate of drug-likeness (QED) is 0.619. The number of rotatable bonds is 5. The molecule has 1 N–H and O–H groups in total. The fourth-order valence-corrected chi connectivity index (χ4v) is 1.30. The molecule has 0 aliphatic rings. The monoisotopic (exact) mass is 167 g/mol. The van der Waals surface area contributed by atoms with E-state index in [0.717, 1.165) is 13.0 Å². The summed E-state index contributed by atoms with van der Waals surface area (Å²) in [5, 5.41) is 3.42. The van der Waals surface area contributed by atoms with Gasteiger partial charge in [0.15, 0.2) is 0 Å². The lowest BCUT2D eigenvalue weighted by atomic mass is 9.88. The van der Waals surface area contributed by atoms with Crippen LogP contribution >= 0.6 is 0 Å². The molecule has 0 fully saturated rings. The number of hydrogen-bond acceptors (Lipinski definition) is 1. The standard InChI is InChI=1S/C11H21N/c1-6-8-11(12-7-2)10(5)9(3)4/h1,9-12H,7-8H2,2-5H3. The summed E-state index contributed by atoms with van der Waals surface area (Å²) >= 11 is 0. The summed E-state index contributed by atoms with van der Waals surface area (Å²) in [5.41, 5.74) is 0. The van der Waals surface area contributed by atoms with Crippen LogP contribution in [0.1, 0.15) is 34.1 Å². The third-order valence-electron chi connectivity index (χ3n) is 2.49. The lowest BCUT2D eigenvalue weighted by Gasteiger charge is -2.25. The molecule has 0 aromatic heterocycles. The Kier molecular flexibility index (Phi) is 5.84. The van der Waals surface area contributed by atoms with Gasteiger partial charge in [0.05, 0.1) is 0 Å². The highest BCUT2D eigenvalue weighted by Crippen LogP contribution is 2.16. The molecule has 0 saturated heterocycles. The number of nitrogens with one attached hydrogen (secondary N) is 1. The molecular weight excluding hydrogens is 146 g/mol. The summed E-state index contributed by atoms with van der Waals surface area (Å²) in [4.78, 5) is 0. The van der Waals surface area contributed by atoms with Crippen LogP contribution in [0, 0.1) is 24.2 Å². The van der Waals surface area contributed by atoms with Crippen LogP contribution in [0.4, 0.5) is 0 Å². The zero-order valence-electron chi connectivity index (χ0n) is 8.72. The van der Waals surface area contributed by atoms with Crippen molar-refractivity contribution in [3.8, 4) is 12.3 Å². The van der Waals surface area contributed by atoms with Crippen LogP contribution in [0.2, 0.25) is 0 Å². The Morgan fingerprint density at radius 1 is 1.33 bits per heavy atom. The van der Waals surface area contributed by atoms with Gasteiger partial charge in [0.1, 0.15) is 0 Å². The maximum atomic E-state index is 5.31. The van der Waals surface area contributed by atoms with E-state index in [0.29, 0.717) is 17.9 Å². The van der Waals surface area contributed by atoms with Gasteiger partial charge in [0.2, 0.25) is 0 Å². The molecule has 0 spiro atoms. The van der Waals surface area contributed by atoms with E-state index in [1.165, 1.54) is 0 Å². The van der Waals surface area contributed by atoms with Gasteiger partial charge in [-0.3, -0.25) is 0 Å². The topological polar surface area (TPSA) is 12.0 Å². The highest BCUT2D eigenvalue weighted by Gasteiger charge is 2.17. The highest BCUT2D eigenvalue weighted by atomic mass is 14.9. The molecule has 0 heterocycles. The van der Waals surface area contributed by atoms with Crippen molar-refractivity contribution in [1.82, 2.24) is 5.32 Å². The molecule has 0 rings (SSSR count). The fourth-order valence-electron chi connectivity index (χ4n) is 1.30. The van der Waals surface area contributed by atoms with Crippen LogP contribution in [0.3, 0.4) is 0 Å². The Hall–Kier alpha value is -0.480. The first kappa shape index (κ1) is 11.5. The highest BCUT2D eigenvalue weighted by molar-refractivity contribution is 4.92. The van der Waals surface area contributed by atoms with Crippen LogP contribution in [-0.4, -0.2) is 12.6 Å². The van der Waals surface area contributed by atoms with Gasteiger partial charge in [-0.2, -0.15) is 0 Å². The van der Waals surface area contributed by atoms with Gasteiger partial charge >= 0.3 is 0 Å². The van der Waals surface area contributed by atoms with Crippen molar-refractivity contribution in [2.24, 2.45) is 11.8 Å². The zero-order chi connectivity index (χ0) is 9.56. The molecule has 0 aliphatic heterocycles. The second kappa shape index (κ2) is 6.08. The Balaban J connectivity index is 4.00. The van der Waals surface area contributed by atoms with Gasteiger partial charge in [-0.05, 0) is 18.4 Å². The molecular formula is C11H21N. The summed E-state index contributed by atoms with van der Waals surface area (Å²) in [6.07, 6.45) is 6.15. The minimum atomic E-state index is 0.486. The summed E-state index contributed by atoms with van der Waals surface area (Å²) in [5.74, 6) is 4.08. The van der Waals surface area contributed by atoms with Gasteiger partial charge in [0.25, 0.3) is 0 Å². The molecule has 1 heteroatoms. The van der Waals surface area contributed by atoms with Crippen LogP contribution < -0.4 is 5.32 Å². The van der Waals surface area contributed by atoms with E-state index >= 15 is 0 Å². The van der Waals surface area contributed by atoms with E-state index < -0.39 is 0 Å². The molecule has 70 valence electrons. The van der Waals surface area contributed by atoms with Gasteiger partial charge in [-0.25, -0.2) is 0 Å². The van der Waals surface area contributed by atoms with Crippen molar-refractivity contribution >= 4 is 0 Å². The summed E-state index contributed by atoms with van der Waals surface area (Å²) in [6.45, 7) is 9.87. The first-order chi connectivity index (χ1) is 5.63. The first-order valence-electron chi connectivity index (χ1n) is 4.80. The van der Waals surface area contributed by atoms with Crippen LogP contribution in [0.5, 0.6) is 0 Å². The average Bonchev–Trinajstić information content (AvgIpc) is 2.03. The molecule has 2 atom stereocenters. The van der Waals surface area contributed by atoms with E-state index in [-0.39, 0.29) is 0 Å². The molecule has 1 nitrogen and oxygen atoms in total. The Bertz CT molecular complexity index is 144. The maximum Gasteiger partial charge on any atom is 0.0243 e. The summed E-state index contributed by atoms with van der Waals surface area (Å²) in [7, 11) is 0. The molecule has 12 heavy (non-hydrogen) atoms.